The molecule has 1 aliphatic rings. The molecule has 1 aliphatic heterocycles. The first kappa shape index (κ1) is 19.0. The van der Waals surface area contributed by atoms with Crippen molar-refractivity contribution in [3.8, 4) is 5.75 Å². The van der Waals surface area contributed by atoms with Gasteiger partial charge in [0.15, 0.2) is 0 Å². The lowest BCUT2D eigenvalue weighted by Gasteiger charge is -2.20. The summed E-state index contributed by atoms with van der Waals surface area (Å²) in [5, 5.41) is 5.06. The number of anilines is 1. The molecule has 1 unspecified atom stereocenters. The fraction of sp³-hybridized carbons (Fsp3) is 0.250. The van der Waals surface area contributed by atoms with Crippen LogP contribution >= 0.6 is 0 Å². The molecule has 0 aliphatic carbocycles. The first-order valence-electron chi connectivity index (χ1n) is 9.75. The van der Waals surface area contributed by atoms with Crippen molar-refractivity contribution in [3.05, 3.63) is 71.3 Å². The van der Waals surface area contributed by atoms with Crippen LogP contribution in [0.1, 0.15) is 29.7 Å². The van der Waals surface area contributed by atoms with Crippen LogP contribution in [0, 0.1) is 13.8 Å². The largest absolute Gasteiger partial charge is 0.492 e. The van der Waals surface area contributed by atoms with Gasteiger partial charge in [0, 0.05) is 12.5 Å². The minimum Gasteiger partial charge on any atom is -0.492 e. The maximum absolute atomic E-state index is 13.0. The molecule has 0 saturated heterocycles. The minimum atomic E-state index is -0.637. The van der Waals surface area contributed by atoms with Crippen molar-refractivity contribution in [2.24, 2.45) is 0 Å². The van der Waals surface area contributed by atoms with Crippen LogP contribution in [0.3, 0.4) is 0 Å². The van der Waals surface area contributed by atoms with Gasteiger partial charge in [-0.05, 0) is 42.3 Å². The molecule has 0 radical (unpaired) electrons. The second kappa shape index (κ2) is 7.59. The highest BCUT2D eigenvalue weighted by molar-refractivity contribution is 6.07. The highest BCUT2D eigenvalue weighted by atomic mass is 16.5. The molecule has 2 amide bonds. The standard InChI is InChI=1S/C24H24N2O3/c1-15-12-16(2)23-21(13-15)22(25-17(3)27)24(28)26(23)10-11-29-20-9-8-18-6-4-5-7-19(18)14-20/h4-9,12-14,22H,10-11H2,1-3H3,(H,25,27). The molecule has 148 valence electrons. The Kier molecular flexibility index (Phi) is 4.97. The Hall–Kier alpha value is -3.34. The molecular weight excluding hydrogens is 364 g/mol. The van der Waals surface area contributed by atoms with E-state index in [-0.39, 0.29) is 11.8 Å². The Balaban J connectivity index is 1.53. The first-order chi connectivity index (χ1) is 13.9. The zero-order chi connectivity index (χ0) is 20.5. The Morgan fingerprint density at radius 2 is 1.83 bits per heavy atom. The van der Waals surface area contributed by atoms with Gasteiger partial charge in [-0.25, -0.2) is 0 Å². The third-order valence-electron chi connectivity index (χ3n) is 5.22. The number of benzene rings is 3. The number of carbonyl (C=O) groups is 2. The number of fused-ring (bicyclic) bond motifs is 2. The molecule has 0 aromatic heterocycles. The van der Waals surface area contributed by atoms with Crippen LogP contribution in [0.15, 0.2) is 54.6 Å². The summed E-state index contributed by atoms with van der Waals surface area (Å²) in [5.74, 6) is 0.434. The molecule has 1 atom stereocenters. The van der Waals surface area contributed by atoms with Gasteiger partial charge >= 0.3 is 0 Å². The maximum Gasteiger partial charge on any atom is 0.254 e. The van der Waals surface area contributed by atoms with Gasteiger partial charge in [0.05, 0.1) is 12.2 Å². The summed E-state index contributed by atoms with van der Waals surface area (Å²) in [6.45, 7) is 6.20. The van der Waals surface area contributed by atoms with Crippen LogP contribution in [0.25, 0.3) is 10.8 Å². The number of rotatable bonds is 5. The number of hydrogen-bond donors (Lipinski definition) is 1. The van der Waals surface area contributed by atoms with E-state index < -0.39 is 6.04 Å². The molecule has 0 spiro atoms. The number of carbonyl (C=O) groups excluding carboxylic acids is 2. The van der Waals surface area contributed by atoms with Crippen LogP contribution in [0.2, 0.25) is 0 Å². The number of nitrogens with zero attached hydrogens (tertiary/aromatic N) is 1. The van der Waals surface area contributed by atoms with E-state index in [0.717, 1.165) is 38.9 Å². The zero-order valence-electron chi connectivity index (χ0n) is 16.9. The molecule has 0 saturated carbocycles. The third kappa shape index (κ3) is 3.68. The van der Waals surface area contributed by atoms with Gasteiger partial charge in [0.1, 0.15) is 18.4 Å². The topological polar surface area (TPSA) is 58.6 Å². The Morgan fingerprint density at radius 3 is 2.59 bits per heavy atom. The molecule has 1 N–H and O–H groups in total. The lowest BCUT2D eigenvalue weighted by atomic mass is 10.0. The van der Waals surface area contributed by atoms with Crippen molar-refractivity contribution in [2.45, 2.75) is 26.8 Å². The van der Waals surface area contributed by atoms with E-state index in [0.29, 0.717) is 13.2 Å². The van der Waals surface area contributed by atoms with Crippen molar-refractivity contribution in [1.29, 1.82) is 0 Å². The number of ether oxygens (including phenoxy) is 1. The van der Waals surface area contributed by atoms with Gasteiger partial charge in [-0.1, -0.05) is 48.0 Å². The van der Waals surface area contributed by atoms with E-state index in [1.54, 1.807) is 4.90 Å². The lowest BCUT2D eigenvalue weighted by molar-refractivity contribution is -0.126. The molecule has 3 aromatic carbocycles. The predicted octanol–water partition coefficient (Wildman–Crippen LogP) is 4.06. The van der Waals surface area contributed by atoms with Crippen LogP contribution in [0.5, 0.6) is 5.75 Å². The molecule has 4 rings (SSSR count). The average molecular weight is 388 g/mol. The fourth-order valence-corrected chi connectivity index (χ4v) is 4.06. The second-order valence-corrected chi connectivity index (χ2v) is 7.50. The van der Waals surface area contributed by atoms with Crippen LogP contribution in [-0.4, -0.2) is 25.0 Å². The summed E-state index contributed by atoms with van der Waals surface area (Å²) in [6.07, 6.45) is 0. The SMILES string of the molecule is CC(=O)NC1C(=O)N(CCOc2ccc3ccccc3c2)c2c(C)cc(C)cc21. The predicted molar refractivity (Wildman–Crippen MR) is 114 cm³/mol. The molecule has 1 heterocycles. The minimum absolute atomic E-state index is 0.119. The van der Waals surface area contributed by atoms with Gasteiger partial charge in [-0.15, -0.1) is 0 Å². The Bertz CT molecular complexity index is 1110. The number of aryl methyl sites for hydroxylation is 2. The van der Waals surface area contributed by atoms with Gasteiger partial charge in [0.25, 0.3) is 5.91 Å². The summed E-state index contributed by atoms with van der Waals surface area (Å²) in [6, 6.07) is 17.5. The van der Waals surface area contributed by atoms with E-state index in [9.17, 15) is 9.59 Å². The number of hydrogen-bond acceptors (Lipinski definition) is 3. The van der Waals surface area contributed by atoms with Gasteiger partial charge in [0.2, 0.25) is 5.91 Å². The molecule has 5 heteroatoms. The Labute approximate surface area is 170 Å². The Morgan fingerprint density at radius 1 is 1.07 bits per heavy atom. The van der Waals surface area contributed by atoms with Crippen LogP contribution < -0.4 is 15.0 Å². The number of amides is 2. The quantitative estimate of drug-likeness (QED) is 0.717. The third-order valence-corrected chi connectivity index (χ3v) is 5.22. The monoisotopic (exact) mass is 388 g/mol. The normalized spacial score (nSPS) is 15.5. The van der Waals surface area contributed by atoms with Crippen molar-refractivity contribution in [3.63, 3.8) is 0 Å². The van der Waals surface area contributed by atoms with Gasteiger partial charge < -0.3 is 15.0 Å². The van der Waals surface area contributed by atoms with Crippen molar-refractivity contribution < 1.29 is 14.3 Å². The molecule has 0 fully saturated rings. The van der Waals surface area contributed by atoms with E-state index in [1.807, 2.05) is 56.3 Å². The van der Waals surface area contributed by atoms with Gasteiger partial charge in [-0.3, -0.25) is 9.59 Å². The molecule has 29 heavy (non-hydrogen) atoms. The molecule has 5 nitrogen and oxygen atoms in total. The summed E-state index contributed by atoms with van der Waals surface area (Å²) < 4.78 is 5.94. The maximum atomic E-state index is 13.0. The van der Waals surface area contributed by atoms with E-state index >= 15 is 0 Å². The highest BCUT2D eigenvalue weighted by Gasteiger charge is 2.38. The average Bonchev–Trinajstić information content (AvgIpc) is 2.93. The number of nitrogens with one attached hydrogen (secondary N) is 1. The highest BCUT2D eigenvalue weighted by Crippen LogP contribution is 2.39. The molecule has 3 aromatic rings. The second-order valence-electron chi connectivity index (χ2n) is 7.50. The van der Waals surface area contributed by atoms with Crippen molar-refractivity contribution >= 4 is 28.3 Å². The smallest absolute Gasteiger partial charge is 0.254 e. The van der Waals surface area contributed by atoms with E-state index in [2.05, 4.69) is 17.4 Å². The summed E-state index contributed by atoms with van der Waals surface area (Å²) in [5.41, 5.74) is 3.82. The van der Waals surface area contributed by atoms with Crippen LogP contribution in [0.4, 0.5) is 5.69 Å². The summed E-state index contributed by atoms with van der Waals surface area (Å²) in [7, 11) is 0. The summed E-state index contributed by atoms with van der Waals surface area (Å²) >= 11 is 0. The fourth-order valence-electron chi connectivity index (χ4n) is 4.06. The zero-order valence-corrected chi connectivity index (χ0v) is 16.9. The molecule has 0 bridgehead atoms. The lowest BCUT2D eigenvalue weighted by Crippen LogP contribution is -2.38. The van der Waals surface area contributed by atoms with E-state index in [4.69, 9.17) is 4.74 Å². The van der Waals surface area contributed by atoms with Crippen LogP contribution in [-0.2, 0) is 9.59 Å². The summed E-state index contributed by atoms with van der Waals surface area (Å²) in [4.78, 5) is 26.4. The molecular formula is C24H24N2O3. The van der Waals surface area contributed by atoms with Gasteiger partial charge in [-0.2, -0.15) is 0 Å². The van der Waals surface area contributed by atoms with Crippen molar-refractivity contribution in [2.75, 3.05) is 18.1 Å². The van der Waals surface area contributed by atoms with E-state index in [1.165, 1.54) is 6.92 Å². The first-order valence-corrected chi connectivity index (χ1v) is 9.75. The van der Waals surface area contributed by atoms with Crippen molar-refractivity contribution in [1.82, 2.24) is 5.32 Å².